The molecule has 2 N–H and O–H groups in total. The summed E-state index contributed by atoms with van der Waals surface area (Å²) in [5, 5.41) is 5.07. The number of amides is 5. The van der Waals surface area contributed by atoms with Crippen LogP contribution in [-0.2, 0) is 14.4 Å². The number of carbonyl (C=O) groups excluding carboxylic acids is 4. The Morgan fingerprint density at radius 2 is 1.79 bits per heavy atom. The largest absolute Gasteiger partial charge is 0.493 e. The SMILES string of the molecule is COc1cc(/C=C2/C(=O)NC(=O)N(c3cccc(Cl)c3C)C2=O)cc(Cl)c1OCC(=O)Nc1ccc(F)cc1. The highest BCUT2D eigenvalue weighted by Gasteiger charge is 2.37. The molecule has 3 aromatic carbocycles. The fraction of sp³-hybridized carbons (Fsp3) is 0.111. The molecule has 1 aliphatic heterocycles. The van der Waals surface area contributed by atoms with E-state index in [0.717, 1.165) is 4.90 Å². The fourth-order valence-electron chi connectivity index (χ4n) is 3.71. The molecule has 9 nitrogen and oxygen atoms in total. The molecule has 1 aliphatic rings. The Morgan fingerprint density at radius 3 is 2.49 bits per heavy atom. The number of nitrogens with zero attached hydrogens (tertiary/aromatic N) is 1. The third-order valence-corrected chi connectivity index (χ3v) is 6.31. The van der Waals surface area contributed by atoms with Gasteiger partial charge in [0, 0.05) is 10.7 Å². The summed E-state index contributed by atoms with van der Waals surface area (Å²) in [6.07, 6.45) is 1.25. The van der Waals surface area contributed by atoms with E-state index < -0.39 is 36.2 Å². The molecule has 1 heterocycles. The number of hydrogen-bond donors (Lipinski definition) is 2. The van der Waals surface area contributed by atoms with E-state index in [-0.39, 0.29) is 33.3 Å². The lowest BCUT2D eigenvalue weighted by Crippen LogP contribution is -2.54. The molecule has 0 aliphatic carbocycles. The van der Waals surface area contributed by atoms with E-state index in [1.165, 1.54) is 55.7 Å². The molecule has 3 aromatic rings. The van der Waals surface area contributed by atoms with Gasteiger partial charge < -0.3 is 14.8 Å². The second kappa shape index (κ2) is 11.5. The molecule has 4 rings (SSSR count). The first-order valence-corrected chi connectivity index (χ1v) is 12.1. The van der Waals surface area contributed by atoms with Gasteiger partial charge in [-0.25, -0.2) is 14.1 Å². The van der Waals surface area contributed by atoms with Crippen LogP contribution in [0.4, 0.5) is 20.6 Å². The summed E-state index contributed by atoms with van der Waals surface area (Å²) in [6, 6.07) is 11.8. The molecule has 39 heavy (non-hydrogen) atoms. The Kier molecular flexibility index (Phi) is 8.18. The van der Waals surface area contributed by atoms with Crippen molar-refractivity contribution in [3.8, 4) is 11.5 Å². The fourth-order valence-corrected chi connectivity index (χ4v) is 4.16. The number of hydrogen-bond acceptors (Lipinski definition) is 6. The molecule has 0 unspecified atom stereocenters. The summed E-state index contributed by atoms with van der Waals surface area (Å²) in [5.74, 6) is -2.57. The number of imide groups is 2. The summed E-state index contributed by atoms with van der Waals surface area (Å²) < 4.78 is 23.9. The zero-order chi connectivity index (χ0) is 28.3. The quantitative estimate of drug-likeness (QED) is 0.300. The molecule has 1 saturated heterocycles. The van der Waals surface area contributed by atoms with Gasteiger partial charge >= 0.3 is 6.03 Å². The van der Waals surface area contributed by atoms with Crippen LogP contribution < -0.4 is 25.0 Å². The van der Waals surface area contributed by atoms with Gasteiger partial charge in [0.2, 0.25) is 0 Å². The van der Waals surface area contributed by atoms with Crippen molar-refractivity contribution in [2.75, 3.05) is 23.9 Å². The Morgan fingerprint density at radius 1 is 1.08 bits per heavy atom. The summed E-state index contributed by atoms with van der Waals surface area (Å²) in [7, 11) is 1.34. The Hall–Kier alpha value is -4.41. The lowest BCUT2D eigenvalue weighted by atomic mass is 10.1. The van der Waals surface area contributed by atoms with Gasteiger partial charge in [0.1, 0.15) is 11.4 Å². The van der Waals surface area contributed by atoms with E-state index in [1.807, 2.05) is 0 Å². The predicted molar refractivity (Wildman–Crippen MR) is 144 cm³/mol. The monoisotopic (exact) mass is 571 g/mol. The van der Waals surface area contributed by atoms with E-state index in [0.29, 0.717) is 16.3 Å². The third kappa shape index (κ3) is 6.02. The number of urea groups is 1. The Balaban J connectivity index is 1.57. The number of carbonyl (C=O) groups is 4. The van der Waals surface area contributed by atoms with Crippen LogP contribution in [0.1, 0.15) is 11.1 Å². The van der Waals surface area contributed by atoms with Gasteiger partial charge in [-0.1, -0.05) is 29.3 Å². The molecule has 0 saturated carbocycles. The summed E-state index contributed by atoms with van der Waals surface area (Å²) in [4.78, 5) is 51.4. The maximum Gasteiger partial charge on any atom is 0.335 e. The average molecular weight is 572 g/mol. The van der Waals surface area contributed by atoms with Crippen LogP contribution in [0.3, 0.4) is 0 Å². The third-order valence-electron chi connectivity index (χ3n) is 5.62. The average Bonchev–Trinajstić information content (AvgIpc) is 2.89. The number of halogens is 3. The van der Waals surface area contributed by atoms with Gasteiger partial charge in [-0.15, -0.1) is 0 Å². The van der Waals surface area contributed by atoms with Gasteiger partial charge in [0.25, 0.3) is 17.7 Å². The van der Waals surface area contributed by atoms with Crippen molar-refractivity contribution < 1.29 is 33.0 Å². The number of ether oxygens (including phenoxy) is 2. The highest BCUT2D eigenvalue weighted by molar-refractivity contribution is 6.40. The van der Waals surface area contributed by atoms with Crippen LogP contribution in [0.2, 0.25) is 10.0 Å². The smallest absolute Gasteiger partial charge is 0.335 e. The van der Waals surface area contributed by atoms with Crippen LogP contribution in [0, 0.1) is 12.7 Å². The predicted octanol–water partition coefficient (Wildman–Crippen LogP) is 5.13. The van der Waals surface area contributed by atoms with Crippen molar-refractivity contribution in [3.05, 3.63) is 87.2 Å². The molecule has 0 atom stereocenters. The zero-order valence-corrected chi connectivity index (χ0v) is 22.0. The highest BCUT2D eigenvalue weighted by atomic mass is 35.5. The van der Waals surface area contributed by atoms with Crippen LogP contribution in [0.5, 0.6) is 11.5 Å². The van der Waals surface area contributed by atoms with E-state index in [9.17, 15) is 23.6 Å². The number of anilines is 2. The number of benzene rings is 3. The minimum Gasteiger partial charge on any atom is -0.493 e. The lowest BCUT2D eigenvalue weighted by Gasteiger charge is -2.27. The number of nitrogens with one attached hydrogen (secondary N) is 2. The van der Waals surface area contributed by atoms with Crippen molar-refractivity contribution in [2.45, 2.75) is 6.92 Å². The molecular weight excluding hydrogens is 552 g/mol. The minimum atomic E-state index is -0.911. The summed E-state index contributed by atoms with van der Waals surface area (Å²) in [6.45, 7) is 1.20. The highest BCUT2D eigenvalue weighted by Crippen LogP contribution is 2.37. The molecule has 200 valence electrons. The number of rotatable bonds is 7. The van der Waals surface area contributed by atoms with Crippen LogP contribution in [-0.4, -0.2) is 37.5 Å². The van der Waals surface area contributed by atoms with E-state index in [4.69, 9.17) is 32.7 Å². The number of methoxy groups -OCH3 is 1. The van der Waals surface area contributed by atoms with Crippen molar-refractivity contribution in [1.29, 1.82) is 0 Å². The maximum absolute atomic E-state index is 13.2. The van der Waals surface area contributed by atoms with Crippen LogP contribution in [0.15, 0.2) is 60.2 Å². The molecule has 0 aromatic heterocycles. The number of barbiturate groups is 1. The van der Waals surface area contributed by atoms with Crippen LogP contribution >= 0.6 is 23.2 Å². The second-order valence-corrected chi connectivity index (χ2v) is 9.03. The van der Waals surface area contributed by atoms with Crippen molar-refractivity contribution in [1.82, 2.24) is 5.32 Å². The van der Waals surface area contributed by atoms with Crippen LogP contribution in [0.25, 0.3) is 6.08 Å². The summed E-state index contributed by atoms with van der Waals surface area (Å²) >= 11 is 12.5. The van der Waals surface area contributed by atoms with Crippen molar-refractivity contribution in [3.63, 3.8) is 0 Å². The van der Waals surface area contributed by atoms with Gasteiger partial charge in [-0.2, -0.15) is 0 Å². The van der Waals surface area contributed by atoms with E-state index in [2.05, 4.69) is 10.6 Å². The topological polar surface area (TPSA) is 114 Å². The lowest BCUT2D eigenvalue weighted by molar-refractivity contribution is -0.122. The molecule has 0 bridgehead atoms. The Bertz CT molecular complexity index is 1520. The van der Waals surface area contributed by atoms with Crippen molar-refractivity contribution >= 4 is 64.4 Å². The molecule has 1 fully saturated rings. The first-order chi connectivity index (χ1) is 18.6. The second-order valence-electron chi connectivity index (χ2n) is 8.22. The molecule has 0 radical (unpaired) electrons. The van der Waals surface area contributed by atoms with Crippen molar-refractivity contribution in [2.24, 2.45) is 0 Å². The molecule has 0 spiro atoms. The maximum atomic E-state index is 13.2. The first kappa shape index (κ1) is 27.6. The van der Waals surface area contributed by atoms with E-state index in [1.54, 1.807) is 19.1 Å². The summed E-state index contributed by atoms with van der Waals surface area (Å²) in [5.41, 5.74) is 1.03. The van der Waals surface area contributed by atoms with Gasteiger partial charge in [-0.3, -0.25) is 19.7 Å². The molecular formula is C27H20Cl2FN3O6. The van der Waals surface area contributed by atoms with Gasteiger partial charge in [0.15, 0.2) is 18.1 Å². The van der Waals surface area contributed by atoms with Gasteiger partial charge in [0.05, 0.1) is 17.8 Å². The van der Waals surface area contributed by atoms with Gasteiger partial charge in [-0.05, 0) is 72.7 Å². The normalized spacial score (nSPS) is 14.3. The first-order valence-electron chi connectivity index (χ1n) is 11.3. The standard InChI is InChI=1S/C27H20Cl2FN3O6/c1-14-19(28)4-3-5-21(14)33-26(36)18(25(35)32-27(33)37)10-15-11-20(29)24(22(12-15)38-2)39-13-23(34)31-17-8-6-16(30)7-9-17/h3-12H,13H2,1-2H3,(H,31,34)(H,32,35,37)/b18-10-. The zero-order valence-electron chi connectivity index (χ0n) is 20.5. The molecule has 12 heteroatoms. The Labute approximate surface area is 232 Å². The molecule has 5 amide bonds. The minimum absolute atomic E-state index is 0.0260. The van der Waals surface area contributed by atoms with E-state index >= 15 is 0 Å².